The Bertz CT molecular complexity index is 319. The van der Waals surface area contributed by atoms with Gasteiger partial charge in [0.25, 0.3) is 0 Å². The third-order valence-electron chi connectivity index (χ3n) is 2.62. The molecule has 1 aliphatic heterocycles. The van der Waals surface area contributed by atoms with E-state index in [-0.39, 0.29) is 13.0 Å². The van der Waals surface area contributed by atoms with Crippen molar-refractivity contribution in [2.24, 2.45) is 5.73 Å². The zero-order valence-corrected chi connectivity index (χ0v) is 9.59. The predicted molar refractivity (Wildman–Crippen MR) is 59.1 cm³/mol. The molecule has 0 aromatic heterocycles. The third kappa shape index (κ3) is 3.70. The molecule has 1 aliphatic rings. The molecule has 0 aliphatic carbocycles. The van der Waals surface area contributed by atoms with E-state index in [2.05, 4.69) is 0 Å². The van der Waals surface area contributed by atoms with E-state index in [1.165, 1.54) is 9.80 Å². The van der Waals surface area contributed by atoms with E-state index in [4.69, 9.17) is 10.8 Å². The molecular formula is C10H17N3O4. The second kappa shape index (κ2) is 6.19. The van der Waals surface area contributed by atoms with Gasteiger partial charge in [-0.1, -0.05) is 0 Å². The topological polar surface area (TPSA) is 104 Å². The fourth-order valence-electron chi connectivity index (χ4n) is 1.65. The molecule has 1 fully saturated rings. The minimum Gasteiger partial charge on any atom is -0.481 e. The van der Waals surface area contributed by atoms with Gasteiger partial charge in [-0.05, 0) is 13.0 Å². The summed E-state index contributed by atoms with van der Waals surface area (Å²) in [5.41, 5.74) is 5.34. The Morgan fingerprint density at radius 3 is 2.18 bits per heavy atom. The second-order valence-electron chi connectivity index (χ2n) is 3.87. The molecule has 0 unspecified atom stereocenters. The molecule has 0 radical (unpaired) electrons. The zero-order chi connectivity index (χ0) is 12.8. The van der Waals surface area contributed by atoms with Gasteiger partial charge >= 0.3 is 17.8 Å². The Hall–Kier alpha value is -1.63. The third-order valence-corrected chi connectivity index (χ3v) is 2.62. The van der Waals surface area contributed by atoms with Crippen molar-refractivity contribution in [3.05, 3.63) is 0 Å². The number of hydrogen-bond acceptors (Lipinski definition) is 4. The molecule has 1 heterocycles. The van der Waals surface area contributed by atoms with Crippen molar-refractivity contribution in [2.75, 3.05) is 32.7 Å². The molecule has 17 heavy (non-hydrogen) atoms. The molecule has 0 aromatic rings. The number of rotatable bonds is 6. The van der Waals surface area contributed by atoms with E-state index in [1.807, 2.05) is 0 Å². The van der Waals surface area contributed by atoms with E-state index >= 15 is 0 Å². The minimum absolute atomic E-state index is 0.0879. The first-order valence-electron chi connectivity index (χ1n) is 5.56. The molecule has 1 rings (SSSR count). The van der Waals surface area contributed by atoms with Gasteiger partial charge in [0.2, 0.25) is 0 Å². The van der Waals surface area contributed by atoms with Gasteiger partial charge in [0.15, 0.2) is 0 Å². The Morgan fingerprint density at radius 1 is 1.18 bits per heavy atom. The van der Waals surface area contributed by atoms with E-state index in [0.29, 0.717) is 32.6 Å². The summed E-state index contributed by atoms with van der Waals surface area (Å²) in [7, 11) is 0. The average Bonchev–Trinajstić information content (AvgIpc) is 2.29. The Morgan fingerprint density at radius 2 is 1.71 bits per heavy atom. The van der Waals surface area contributed by atoms with Crippen LogP contribution in [0.15, 0.2) is 0 Å². The normalized spacial score (nSPS) is 16.5. The van der Waals surface area contributed by atoms with Crippen LogP contribution < -0.4 is 5.73 Å². The quantitative estimate of drug-likeness (QED) is 0.551. The van der Waals surface area contributed by atoms with E-state index in [9.17, 15) is 14.4 Å². The first kappa shape index (κ1) is 13.4. The predicted octanol–water partition coefficient (Wildman–Crippen LogP) is -1.52. The largest absolute Gasteiger partial charge is 0.481 e. The molecule has 1 saturated heterocycles. The van der Waals surface area contributed by atoms with Crippen molar-refractivity contribution < 1.29 is 19.5 Å². The highest BCUT2D eigenvalue weighted by Crippen LogP contribution is 2.06. The monoisotopic (exact) mass is 243 g/mol. The number of carbonyl (C=O) groups is 3. The van der Waals surface area contributed by atoms with Gasteiger partial charge in [0.1, 0.15) is 0 Å². The number of nitrogens with zero attached hydrogens (tertiary/aromatic N) is 2. The number of nitrogens with two attached hydrogens (primary N) is 1. The van der Waals surface area contributed by atoms with Crippen molar-refractivity contribution >= 4 is 17.8 Å². The van der Waals surface area contributed by atoms with Crippen LogP contribution in [-0.2, 0) is 14.4 Å². The van der Waals surface area contributed by atoms with Gasteiger partial charge in [-0.3, -0.25) is 14.4 Å². The molecular weight excluding hydrogens is 226 g/mol. The zero-order valence-electron chi connectivity index (χ0n) is 9.59. The lowest BCUT2D eigenvalue weighted by Crippen LogP contribution is -2.54. The van der Waals surface area contributed by atoms with Gasteiger partial charge in [-0.25, -0.2) is 0 Å². The van der Waals surface area contributed by atoms with Gasteiger partial charge in [-0.15, -0.1) is 0 Å². The summed E-state index contributed by atoms with van der Waals surface area (Å²) in [6, 6.07) is 0. The molecule has 7 nitrogen and oxygen atoms in total. The van der Waals surface area contributed by atoms with Crippen LogP contribution in [0.5, 0.6) is 0 Å². The lowest BCUT2D eigenvalue weighted by atomic mass is 10.2. The lowest BCUT2D eigenvalue weighted by Gasteiger charge is -2.33. The number of carbonyl (C=O) groups excluding carboxylic acids is 2. The molecule has 0 spiro atoms. The van der Waals surface area contributed by atoms with Crippen molar-refractivity contribution in [1.82, 2.24) is 9.80 Å². The van der Waals surface area contributed by atoms with Crippen LogP contribution in [-0.4, -0.2) is 65.4 Å². The number of carboxylic acid groups (broad SMARTS) is 1. The summed E-state index contributed by atoms with van der Waals surface area (Å²) in [6.07, 6.45) is 0.524. The van der Waals surface area contributed by atoms with Crippen LogP contribution >= 0.6 is 0 Å². The average molecular weight is 243 g/mol. The highest BCUT2D eigenvalue weighted by Gasteiger charge is 2.31. The van der Waals surface area contributed by atoms with E-state index in [0.717, 1.165) is 0 Å². The maximum atomic E-state index is 11.6. The van der Waals surface area contributed by atoms with E-state index < -0.39 is 17.8 Å². The van der Waals surface area contributed by atoms with Crippen LogP contribution in [0, 0.1) is 0 Å². The summed E-state index contributed by atoms with van der Waals surface area (Å²) in [6.45, 7) is 1.88. The molecule has 0 aromatic carbocycles. The summed E-state index contributed by atoms with van der Waals surface area (Å²) in [5.74, 6) is -2.15. The molecule has 2 amide bonds. The molecule has 0 atom stereocenters. The van der Waals surface area contributed by atoms with Crippen molar-refractivity contribution in [2.45, 2.75) is 12.8 Å². The second-order valence-corrected chi connectivity index (χ2v) is 3.87. The Labute approximate surface area is 99.2 Å². The highest BCUT2D eigenvalue weighted by atomic mass is 16.4. The van der Waals surface area contributed by atoms with Crippen LogP contribution in [0.25, 0.3) is 0 Å². The van der Waals surface area contributed by atoms with Gasteiger partial charge < -0.3 is 20.6 Å². The van der Waals surface area contributed by atoms with Crippen molar-refractivity contribution in [3.63, 3.8) is 0 Å². The minimum atomic E-state index is -0.976. The Balaban J connectivity index is 2.47. The molecule has 7 heteroatoms. The molecule has 96 valence electrons. The number of piperazine rings is 1. The fourth-order valence-corrected chi connectivity index (χ4v) is 1.65. The SMILES string of the molecule is NCCCN1CCN(CCC(=O)O)C(=O)C1=O. The molecule has 3 N–H and O–H groups in total. The Kier molecular flexibility index (Phi) is 4.89. The van der Waals surface area contributed by atoms with E-state index in [1.54, 1.807) is 0 Å². The van der Waals surface area contributed by atoms with Crippen LogP contribution in [0.3, 0.4) is 0 Å². The number of aliphatic carboxylic acids is 1. The molecule has 0 bridgehead atoms. The van der Waals surface area contributed by atoms with Gasteiger partial charge in [0, 0.05) is 26.2 Å². The lowest BCUT2D eigenvalue weighted by molar-refractivity contribution is -0.156. The van der Waals surface area contributed by atoms with Crippen molar-refractivity contribution in [3.8, 4) is 0 Å². The van der Waals surface area contributed by atoms with Crippen LogP contribution in [0.2, 0.25) is 0 Å². The first-order chi connectivity index (χ1) is 8.06. The van der Waals surface area contributed by atoms with Gasteiger partial charge in [0.05, 0.1) is 6.42 Å². The fraction of sp³-hybridized carbons (Fsp3) is 0.700. The number of amides is 2. The summed E-state index contributed by atoms with van der Waals surface area (Å²) in [5, 5.41) is 8.52. The summed E-state index contributed by atoms with van der Waals surface area (Å²) in [4.78, 5) is 36.4. The van der Waals surface area contributed by atoms with Crippen molar-refractivity contribution in [1.29, 1.82) is 0 Å². The number of hydrogen-bond donors (Lipinski definition) is 2. The summed E-state index contributed by atoms with van der Waals surface area (Å²) < 4.78 is 0. The smallest absolute Gasteiger partial charge is 0.312 e. The van der Waals surface area contributed by atoms with Gasteiger partial charge in [-0.2, -0.15) is 0 Å². The van der Waals surface area contributed by atoms with Crippen LogP contribution in [0.1, 0.15) is 12.8 Å². The standard InChI is InChI=1S/C10H17N3O4/c11-3-1-4-12-6-7-13(5-2-8(14)15)10(17)9(12)16/h1-7,11H2,(H,14,15). The highest BCUT2D eigenvalue weighted by molar-refractivity contribution is 6.35. The summed E-state index contributed by atoms with van der Waals surface area (Å²) >= 11 is 0. The maximum absolute atomic E-state index is 11.6. The maximum Gasteiger partial charge on any atom is 0.312 e. The van der Waals surface area contributed by atoms with Crippen LogP contribution in [0.4, 0.5) is 0 Å². The first-order valence-corrected chi connectivity index (χ1v) is 5.56. The number of carboxylic acids is 1. The molecule has 0 saturated carbocycles.